The SMILES string of the molecule is O=C(CSc1ncnc2sccc12)OCc1nc(-c2cccs2)no1. The molecule has 0 unspecified atom stereocenters. The average Bonchev–Trinajstić information content (AvgIpc) is 3.38. The first-order valence-electron chi connectivity index (χ1n) is 7.12. The highest BCUT2D eigenvalue weighted by Crippen LogP contribution is 2.27. The number of aromatic nitrogens is 4. The van der Waals surface area contributed by atoms with Gasteiger partial charge in [0.25, 0.3) is 5.89 Å². The van der Waals surface area contributed by atoms with Crippen molar-refractivity contribution in [3.63, 3.8) is 0 Å². The normalized spacial score (nSPS) is 11.0. The van der Waals surface area contributed by atoms with Crippen LogP contribution in [0.3, 0.4) is 0 Å². The van der Waals surface area contributed by atoms with Crippen molar-refractivity contribution in [2.24, 2.45) is 0 Å². The third kappa shape index (κ3) is 3.70. The van der Waals surface area contributed by atoms with Crippen LogP contribution in [-0.4, -0.2) is 31.8 Å². The number of esters is 1. The van der Waals surface area contributed by atoms with Crippen LogP contribution < -0.4 is 0 Å². The average molecular weight is 390 g/mol. The zero-order chi connectivity index (χ0) is 17.1. The molecule has 0 fully saturated rings. The van der Waals surface area contributed by atoms with E-state index in [4.69, 9.17) is 9.26 Å². The molecule has 0 spiro atoms. The Bertz CT molecular complexity index is 996. The van der Waals surface area contributed by atoms with Crippen LogP contribution in [0.4, 0.5) is 0 Å². The van der Waals surface area contributed by atoms with Crippen molar-refractivity contribution in [2.75, 3.05) is 5.75 Å². The number of carbonyl (C=O) groups excluding carboxylic acids is 1. The molecule has 4 heterocycles. The molecular weight excluding hydrogens is 380 g/mol. The van der Waals surface area contributed by atoms with Gasteiger partial charge >= 0.3 is 5.97 Å². The van der Waals surface area contributed by atoms with Gasteiger partial charge in [-0.3, -0.25) is 4.79 Å². The summed E-state index contributed by atoms with van der Waals surface area (Å²) in [6.07, 6.45) is 1.50. The molecule has 0 saturated heterocycles. The predicted octanol–water partition coefficient (Wildman–Crippen LogP) is 3.64. The van der Waals surface area contributed by atoms with Gasteiger partial charge in [-0.15, -0.1) is 22.7 Å². The monoisotopic (exact) mass is 390 g/mol. The molecule has 0 aliphatic heterocycles. The van der Waals surface area contributed by atoms with Crippen LogP contribution in [0.15, 0.2) is 44.8 Å². The zero-order valence-electron chi connectivity index (χ0n) is 12.6. The first-order valence-corrected chi connectivity index (χ1v) is 9.87. The molecule has 0 atom stereocenters. The number of hydrogen-bond donors (Lipinski definition) is 0. The van der Waals surface area contributed by atoms with E-state index in [2.05, 4.69) is 20.1 Å². The molecular formula is C15H10N4O3S3. The Hall–Kier alpha value is -2.30. The summed E-state index contributed by atoms with van der Waals surface area (Å²) in [6, 6.07) is 5.75. The Balaban J connectivity index is 1.31. The Morgan fingerprint density at radius 3 is 3.08 bits per heavy atom. The molecule has 4 rings (SSSR count). The first kappa shape index (κ1) is 16.2. The van der Waals surface area contributed by atoms with Crippen molar-refractivity contribution in [1.29, 1.82) is 0 Å². The molecule has 0 radical (unpaired) electrons. The van der Waals surface area contributed by atoms with Crippen molar-refractivity contribution >= 4 is 50.6 Å². The van der Waals surface area contributed by atoms with E-state index in [1.165, 1.54) is 40.8 Å². The molecule has 0 aliphatic carbocycles. The lowest BCUT2D eigenvalue weighted by Gasteiger charge is -2.02. The second kappa shape index (κ2) is 7.30. The van der Waals surface area contributed by atoms with Crippen molar-refractivity contribution in [2.45, 2.75) is 11.6 Å². The molecule has 25 heavy (non-hydrogen) atoms. The summed E-state index contributed by atoms with van der Waals surface area (Å²) < 4.78 is 10.3. The molecule has 0 N–H and O–H groups in total. The number of thioether (sulfide) groups is 1. The van der Waals surface area contributed by atoms with Crippen LogP contribution in [0.25, 0.3) is 20.9 Å². The maximum absolute atomic E-state index is 11.9. The summed E-state index contributed by atoms with van der Waals surface area (Å²) in [5, 5.41) is 9.46. The van der Waals surface area contributed by atoms with Crippen LogP contribution in [0.5, 0.6) is 0 Å². The highest BCUT2D eigenvalue weighted by atomic mass is 32.2. The summed E-state index contributed by atoms with van der Waals surface area (Å²) in [7, 11) is 0. The van der Waals surface area contributed by atoms with Gasteiger partial charge in [0, 0.05) is 5.39 Å². The highest BCUT2D eigenvalue weighted by Gasteiger charge is 2.13. The second-order valence-electron chi connectivity index (χ2n) is 4.76. The van der Waals surface area contributed by atoms with Crippen LogP contribution in [0.1, 0.15) is 5.89 Å². The van der Waals surface area contributed by atoms with Gasteiger partial charge in [-0.2, -0.15) is 4.98 Å². The number of thiophene rings is 2. The number of carbonyl (C=O) groups is 1. The minimum Gasteiger partial charge on any atom is -0.455 e. The molecule has 4 aromatic rings. The molecule has 0 saturated carbocycles. The summed E-state index contributed by atoms with van der Waals surface area (Å²) in [5.74, 6) is 0.538. The largest absolute Gasteiger partial charge is 0.455 e. The van der Waals surface area contributed by atoms with E-state index in [0.29, 0.717) is 5.82 Å². The van der Waals surface area contributed by atoms with Crippen LogP contribution >= 0.6 is 34.4 Å². The lowest BCUT2D eigenvalue weighted by atomic mass is 10.4. The second-order valence-corrected chi connectivity index (χ2v) is 7.56. The molecule has 0 amide bonds. The summed E-state index contributed by atoms with van der Waals surface area (Å²) in [6.45, 7) is -0.0462. The quantitative estimate of drug-likeness (QED) is 0.280. The van der Waals surface area contributed by atoms with Gasteiger partial charge in [-0.25, -0.2) is 9.97 Å². The smallest absolute Gasteiger partial charge is 0.316 e. The lowest BCUT2D eigenvalue weighted by molar-refractivity contribution is -0.142. The lowest BCUT2D eigenvalue weighted by Crippen LogP contribution is -2.07. The molecule has 7 nitrogen and oxygen atoms in total. The Morgan fingerprint density at radius 1 is 1.24 bits per heavy atom. The van der Waals surface area contributed by atoms with Gasteiger partial charge in [0.15, 0.2) is 6.61 Å². The Kier molecular flexibility index (Phi) is 4.72. The fourth-order valence-electron chi connectivity index (χ4n) is 2.01. The standard InChI is InChI=1S/C15H10N4O3S3/c20-12(7-25-15-9-3-5-24-14(9)16-8-17-15)21-6-11-18-13(19-22-11)10-2-1-4-23-10/h1-5,8H,6-7H2. The first-order chi connectivity index (χ1) is 12.3. The highest BCUT2D eigenvalue weighted by molar-refractivity contribution is 8.00. The fraction of sp³-hybridized carbons (Fsp3) is 0.133. The minimum absolute atomic E-state index is 0.0462. The number of ether oxygens (including phenoxy) is 1. The topological polar surface area (TPSA) is 91.0 Å². The van der Waals surface area contributed by atoms with Gasteiger partial charge < -0.3 is 9.26 Å². The van der Waals surface area contributed by atoms with Crippen LogP contribution in [0, 0.1) is 0 Å². The Morgan fingerprint density at radius 2 is 2.20 bits per heavy atom. The minimum atomic E-state index is -0.372. The number of hydrogen-bond acceptors (Lipinski definition) is 10. The molecule has 126 valence electrons. The zero-order valence-corrected chi connectivity index (χ0v) is 15.1. The number of rotatable bonds is 6. The number of fused-ring (bicyclic) bond motifs is 1. The number of nitrogens with zero attached hydrogens (tertiary/aromatic N) is 4. The maximum Gasteiger partial charge on any atom is 0.316 e. The van der Waals surface area contributed by atoms with Gasteiger partial charge in [0.05, 0.1) is 10.6 Å². The molecule has 4 aromatic heterocycles. The van der Waals surface area contributed by atoms with E-state index in [1.54, 1.807) is 0 Å². The van der Waals surface area contributed by atoms with E-state index in [9.17, 15) is 4.79 Å². The summed E-state index contributed by atoms with van der Waals surface area (Å²) in [4.78, 5) is 26.3. The van der Waals surface area contributed by atoms with Gasteiger partial charge in [0.1, 0.15) is 16.2 Å². The van der Waals surface area contributed by atoms with Crippen molar-refractivity contribution in [1.82, 2.24) is 20.1 Å². The van der Waals surface area contributed by atoms with Gasteiger partial charge in [0.2, 0.25) is 5.82 Å². The molecule has 0 aromatic carbocycles. The van der Waals surface area contributed by atoms with Gasteiger partial charge in [-0.05, 0) is 22.9 Å². The molecule has 10 heteroatoms. The van der Waals surface area contributed by atoms with Crippen molar-refractivity contribution in [3.05, 3.63) is 41.2 Å². The summed E-state index contributed by atoms with van der Waals surface area (Å²) >= 11 is 4.37. The van der Waals surface area contributed by atoms with E-state index in [-0.39, 0.29) is 24.2 Å². The third-order valence-electron chi connectivity index (χ3n) is 3.12. The van der Waals surface area contributed by atoms with Crippen LogP contribution in [0.2, 0.25) is 0 Å². The van der Waals surface area contributed by atoms with E-state index >= 15 is 0 Å². The third-order valence-corrected chi connectivity index (χ3v) is 5.78. The van der Waals surface area contributed by atoms with Crippen molar-refractivity contribution < 1.29 is 14.1 Å². The fourth-order valence-corrected chi connectivity index (χ4v) is 4.24. The maximum atomic E-state index is 11.9. The van der Waals surface area contributed by atoms with E-state index in [0.717, 1.165) is 20.1 Å². The van der Waals surface area contributed by atoms with Gasteiger partial charge in [-0.1, -0.05) is 23.0 Å². The molecule has 0 aliphatic rings. The summed E-state index contributed by atoms with van der Waals surface area (Å²) in [5.41, 5.74) is 0. The van der Waals surface area contributed by atoms with Crippen LogP contribution in [-0.2, 0) is 16.1 Å². The Labute approximate surface area is 154 Å². The molecule has 0 bridgehead atoms. The van der Waals surface area contributed by atoms with Crippen molar-refractivity contribution in [3.8, 4) is 10.7 Å². The van der Waals surface area contributed by atoms with E-state index < -0.39 is 0 Å². The van der Waals surface area contributed by atoms with E-state index in [1.807, 2.05) is 29.0 Å². The predicted molar refractivity (Wildman–Crippen MR) is 95.5 cm³/mol.